The largest absolute Gasteiger partial charge is 0.348 e. The predicted molar refractivity (Wildman–Crippen MR) is 61.6 cm³/mol. The highest BCUT2D eigenvalue weighted by atomic mass is 79.9. The molecule has 1 N–H and O–H groups in total. The first-order chi connectivity index (χ1) is 6.77. The lowest BCUT2D eigenvalue weighted by Gasteiger charge is -2.10. The molecule has 0 bridgehead atoms. The molecule has 0 fully saturated rings. The molecular formula is C10H10BrNOS. The maximum Gasteiger partial charge on any atom is 0.262 e. The second-order valence-electron chi connectivity index (χ2n) is 3.21. The van der Waals surface area contributed by atoms with Crippen molar-refractivity contribution in [3.8, 4) is 0 Å². The lowest BCUT2D eigenvalue weighted by atomic mass is 10.2. The van der Waals surface area contributed by atoms with Crippen LogP contribution in [0.4, 0.5) is 0 Å². The minimum atomic E-state index is 0.0283. The van der Waals surface area contributed by atoms with Gasteiger partial charge in [0.15, 0.2) is 0 Å². The van der Waals surface area contributed by atoms with Gasteiger partial charge < -0.3 is 5.32 Å². The van der Waals surface area contributed by atoms with Crippen LogP contribution in [0.5, 0.6) is 0 Å². The van der Waals surface area contributed by atoms with E-state index in [0.29, 0.717) is 0 Å². The summed E-state index contributed by atoms with van der Waals surface area (Å²) in [5.41, 5.74) is 0. The summed E-state index contributed by atoms with van der Waals surface area (Å²) in [6.45, 7) is 0. The molecule has 0 aliphatic heterocycles. The summed E-state index contributed by atoms with van der Waals surface area (Å²) in [5, 5.41) is 4.91. The second-order valence-corrected chi connectivity index (χ2v) is 4.98. The van der Waals surface area contributed by atoms with Crippen LogP contribution in [-0.4, -0.2) is 11.9 Å². The number of carbonyl (C=O) groups excluding carboxylic acids is 1. The highest BCUT2D eigenvalue weighted by molar-refractivity contribution is 9.10. The van der Waals surface area contributed by atoms with E-state index in [-0.39, 0.29) is 11.9 Å². The molecule has 1 aliphatic carbocycles. The number of thiophene rings is 1. The van der Waals surface area contributed by atoms with Gasteiger partial charge in [-0.2, -0.15) is 0 Å². The van der Waals surface area contributed by atoms with Gasteiger partial charge in [0.05, 0.1) is 0 Å². The standard InChI is InChI=1S/C10H10BrNOS/c11-8-5-6-14-9(8)10(13)12-7-3-1-2-4-7/h1-2,5-7H,3-4H2,(H,12,13). The number of hydrogen-bond acceptors (Lipinski definition) is 2. The first-order valence-electron chi connectivity index (χ1n) is 4.46. The van der Waals surface area contributed by atoms with Gasteiger partial charge in [-0.05, 0) is 40.2 Å². The molecule has 1 aliphatic rings. The summed E-state index contributed by atoms with van der Waals surface area (Å²) in [7, 11) is 0. The van der Waals surface area contributed by atoms with Crippen LogP contribution in [0.3, 0.4) is 0 Å². The Bertz CT molecular complexity index is 364. The maximum atomic E-state index is 11.7. The number of hydrogen-bond donors (Lipinski definition) is 1. The minimum Gasteiger partial charge on any atom is -0.348 e. The van der Waals surface area contributed by atoms with Crippen LogP contribution in [0.15, 0.2) is 28.1 Å². The second kappa shape index (κ2) is 4.28. The minimum absolute atomic E-state index is 0.0283. The molecule has 1 amide bonds. The van der Waals surface area contributed by atoms with Crippen molar-refractivity contribution in [2.75, 3.05) is 0 Å². The molecule has 1 aromatic rings. The van der Waals surface area contributed by atoms with Gasteiger partial charge >= 0.3 is 0 Å². The van der Waals surface area contributed by atoms with Crippen LogP contribution in [0, 0.1) is 0 Å². The fourth-order valence-corrected chi connectivity index (χ4v) is 2.90. The van der Waals surface area contributed by atoms with Crippen molar-refractivity contribution in [2.24, 2.45) is 0 Å². The molecule has 0 aromatic carbocycles. The van der Waals surface area contributed by atoms with Crippen molar-refractivity contribution in [3.05, 3.63) is 32.9 Å². The lowest BCUT2D eigenvalue weighted by molar-refractivity contribution is 0.0942. The van der Waals surface area contributed by atoms with Crippen LogP contribution in [0.25, 0.3) is 0 Å². The topological polar surface area (TPSA) is 29.1 Å². The third-order valence-electron chi connectivity index (χ3n) is 2.17. The lowest BCUT2D eigenvalue weighted by Crippen LogP contribution is -2.32. The molecule has 1 aromatic heterocycles. The van der Waals surface area contributed by atoms with E-state index < -0.39 is 0 Å². The van der Waals surface area contributed by atoms with Gasteiger partial charge in [-0.15, -0.1) is 11.3 Å². The monoisotopic (exact) mass is 271 g/mol. The van der Waals surface area contributed by atoms with Gasteiger partial charge in [-0.25, -0.2) is 0 Å². The molecule has 74 valence electrons. The zero-order valence-electron chi connectivity index (χ0n) is 7.50. The summed E-state index contributed by atoms with van der Waals surface area (Å²) in [5.74, 6) is 0.0283. The average Bonchev–Trinajstić information content (AvgIpc) is 2.75. The van der Waals surface area contributed by atoms with E-state index in [1.165, 1.54) is 11.3 Å². The van der Waals surface area contributed by atoms with Crippen LogP contribution in [0.2, 0.25) is 0 Å². The van der Waals surface area contributed by atoms with Crippen molar-refractivity contribution >= 4 is 33.2 Å². The summed E-state index contributed by atoms with van der Waals surface area (Å²) in [6.07, 6.45) is 6.12. The Hall–Kier alpha value is -0.610. The SMILES string of the molecule is O=C(NC1CC=CC1)c1sccc1Br. The number of halogens is 1. The molecule has 2 nitrogen and oxygen atoms in total. The number of nitrogens with one attached hydrogen (secondary N) is 1. The van der Waals surface area contributed by atoms with Crippen molar-refractivity contribution in [1.82, 2.24) is 5.32 Å². The molecule has 0 saturated heterocycles. The quantitative estimate of drug-likeness (QED) is 0.824. The Morgan fingerprint density at radius 2 is 2.21 bits per heavy atom. The summed E-state index contributed by atoms with van der Waals surface area (Å²) >= 11 is 4.81. The first kappa shape index (κ1) is 9.93. The Labute approximate surface area is 95.1 Å². The van der Waals surface area contributed by atoms with E-state index in [4.69, 9.17) is 0 Å². The molecule has 0 radical (unpaired) electrons. The Morgan fingerprint density at radius 3 is 2.79 bits per heavy atom. The molecule has 1 heterocycles. The van der Waals surface area contributed by atoms with Crippen molar-refractivity contribution in [1.29, 1.82) is 0 Å². The zero-order chi connectivity index (χ0) is 9.97. The summed E-state index contributed by atoms with van der Waals surface area (Å²) in [6, 6.07) is 2.18. The van der Waals surface area contributed by atoms with E-state index in [1.807, 2.05) is 11.4 Å². The van der Waals surface area contributed by atoms with Crippen molar-refractivity contribution < 1.29 is 4.79 Å². The smallest absolute Gasteiger partial charge is 0.262 e. The summed E-state index contributed by atoms with van der Waals surface area (Å²) < 4.78 is 0.881. The molecule has 0 saturated carbocycles. The van der Waals surface area contributed by atoms with Gasteiger partial charge in [0.1, 0.15) is 4.88 Å². The van der Waals surface area contributed by atoms with Crippen LogP contribution in [0.1, 0.15) is 22.5 Å². The third kappa shape index (κ3) is 2.07. The van der Waals surface area contributed by atoms with Gasteiger partial charge in [-0.3, -0.25) is 4.79 Å². The van der Waals surface area contributed by atoms with Crippen LogP contribution < -0.4 is 5.32 Å². The highest BCUT2D eigenvalue weighted by Gasteiger charge is 2.16. The van der Waals surface area contributed by atoms with Crippen LogP contribution >= 0.6 is 27.3 Å². The molecular weight excluding hydrogens is 262 g/mol. The molecule has 0 atom stereocenters. The van der Waals surface area contributed by atoms with Gasteiger partial charge in [-0.1, -0.05) is 12.2 Å². The molecule has 0 spiro atoms. The Balaban J connectivity index is 1.99. The maximum absolute atomic E-state index is 11.7. The first-order valence-corrected chi connectivity index (χ1v) is 6.13. The van der Waals surface area contributed by atoms with E-state index >= 15 is 0 Å². The molecule has 0 unspecified atom stereocenters. The number of rotatable bonds is 2. The van der Waals surface area contributed by atoms with E-state index in [9.17, 15) is 4.79 Å². The Kier molecular flexibility index (Phi) is 3.03. The summed E-state index contributed by atoms with van der Waals surface area (Å²) in [4.78, 5) is 12.5. The van der Waals surface area contributed by atoms with Gasteiger partial charge in [0, 0.05) is 10.5 Å². The Morgan fingerprint density at radius 1 is 1.50 bits per heavy atom. The number of carbonyl (C=O) groups is 1. The van der Waals surface area contributed by atoms with E-state index in [1.54, 1.807) is 0 Å². The van der Waals surface area contributed by atoms with Gasteiger partial charge in [0.2, 0.25) is 0 Å². The molecule has 2 rings (SSSR count). The molecule has 4 heteroatoms. The normalized spacial score (nSPS) is 16.1. The zero-order valence-corrected chi connectivity index (χ0v) is 9.90. The van der Waals surface area contributed by atoms with Crippen LogP contribution in [-0.2, 0) is 0 Å². The fraction of sp³-hybridized carbons (Fsp3) is 0.300. The van der Waals surface area contributed by atoms with E-state index in [0.717, 1.165) is 22.2 Å². The number of amides is 1. The highest BCUT2D eigenvalue weighted by Crippen LogP contribution is 2.23. The van der Waals surface area contributed by atoms with E-state index in [2.05, 4.69) is 33.4 Å². The predicted octanol–water partition coefficient (Wildman–Crippen LogP) is 2.96. The molecule has 14 heavy (non-hydrogen) atoms. The van der Waals surface area contributed by atoms with Gasteiger partial charge in [0.25, 0.3) is 5.91 Å². The van der Waals surface area contributed by atoms with Crippen molar-refractivity contribution in [2.45, 2.75) is 18.9 Å². The average molecular weight is 272 g/mol. The third-order valence-corrected chi connectivity index (χ3v) is 4.00. The van der Waals surface area contributed by atoms with Crippen molar-refractivity contribution in [3.63, 3.8) is 0 Å². The fourth-order valence-electron chi connectivity index (χ4n) is 1.44.